The highest BCUT2D eigenvalue weighted by Crippen LogP contribution is 2.15. The molecule has 102 valence electrons. The summed E-state index contributed by atoms with van der Waals surface area (Å²) in [6, 6.07) is 6.21. The number of halogens is 1. The fourth-order valence-electron chi connectivity index (χ4n) is 1.35. The standard InChI is InChI=1S/C11H16BrNO3S2/c1-9(7-8-17(2)14)13-18(15,16)11-5-3-10(12)4-6-11/h3-6,9,13H,7-8H2,1-2H3. The van der Waals surface area contributed by atoms with Crippen LogP contribution in [0.4, 0.5) is 0 Å². The molecule has 0 spiro atoms. The minimum absolute atomic E-state index is 0.232. The van der Waals surface area contributed by atoms with Crippen LogP contribution in [0.2, 0.25) is 0 Å². The van der Waals surface area contributed by atoms with Crippen LogP contribution in [0.1, 0.15) is 13.3 Å². The summed E-state index contributed by atoms with van der Waals surface area (Å²) in [6.07, 6.45) is 2.16. The molecule has 0 aliphatic carbocycles. The number of benzene rings is 1. The van der Waals surface area contributed by atoms with Crippen LogP contribution >= 0.6 is 15.9 Å². The van der Waals surface area contributed by atoms with Crippen molar-refractivity contribution in [2.75, 3.05) is 12.0 Å². The Morgan fingerprint density at radius 3 is 2.39 bits per heavy atom. The number of sulfonamides is 1. The summed E-state index contributed by atoms with van der Waals surface area (Å²) in [4.78, 5) is 0.232. The van der Waals surface area contributed by atoms with Crippen molar-refractivity contribution in [3.05, 3.63) is 28.7 Å². The van der Waals surface area contributed by atoms with Crippen molar-refractivity contribution in [2.24, 2.45) is 0 Å². The van der Waals surface area contributed by atoms with Gasteiger partial charge in [-0.3, -0.25) is 4.21 Å². The van der Waals surface area contributed by atoms with Crippen LogP contribution in [0.5, 0.6) is 0 Å². The van der Waals surface area contributed by atoms with E-state index in [1.165, 1.54) is 12.1 Å². The van der Waals surface area contributed by atoms with Gasteiger partial charge in [0.15, 0.2) is 0 Å². The number of nitrogens with one attached hydrogen (secondary N) is 1. The molecule has 7 heteroatoms. The molecule has 1 rings (SSSR count). The summed E-state index contributed by atoms with van der Waals surface area (Å²) in [6.45, 7) is 1.77. The molecule has 1 aromatic rings. The van der Waals surface area contributed by atoms with Crippen LogP contribution in [0, 0.1) is 0 Å². The Morgan fingerprint density at radius 1 is 1.33 bits per heavy atom. The van der Waals surface area contributed by atoms with Gasteiger partial charge < -0.3 is 0 Å². The normalized spacial score (nSPS) is 15.3. The van der Waals surface area contributed by atoms with E-state index in [9.17, 15) is 12.6 Å². The van der Waals surface area contributed by atoms with Crippen LogP contribution in [0.15, 0.2) is 33.6 Å². The molecule has 2 unspecified atom stereocenters. The number of hydrogen-bond acceptors (Lipinski definition) is 3. The monoisotopic (exact) mass is 353 g/mol. The van der Waals surface area contributed by atoms with E-state index in [2.05, 4.69) is 20.7 Å². The molecule has 0 heterocycles. The van der Waals surface area contributed by atoms with Gasteiger partial charge in [-0.1, -0.05) is 15.9 Å². The van der Waals surface area contributed by atoms with Crippen molar-refractivity contribution < 1.29 is 12.6 Å². The van der Waals surface area contributed by atoms with Crippen LogP contribution in [-0.4, -0.2) is 30.7 Å². The zero-order valence-corrected chi connectivity index (χ0v) is 13.4. The Balaban J connectivity index is 2.70. The topological polar surface area (TPSA) is 63.2 Å². The summed E-state index contributed by atoms with van der Waals surface area (Å²) < 4.78 is 38.3. The minimum atomic E-state index is -3.49. The average molecular weight is 354 g/mol. The minimum Gasteiger partial charge on any atom is -0.260 e. The number of hydrogen-bond donors (Lipinski definition) is 1. The lowest BCUT2D eigenvalue weighted by molar-refractivity contribution is 0.556. The fraction of sp³-hybridized carbons (Fsp3) is 0.455. The maximum atomic E-state index is 12.0. The molecule has 0 aromatic heterocycles. The predicted molar refractivity (Wildman–Crippen MR) is 77.5 cm³/mol. The lowest BCUT2D eigenvalue weighted by Crippen LogP contribution is -2.33. The Labute approximate surface area is 119 Å². The summed E-state index contributed by atoms with van der Waals surface area (Å²) >= 11 is 3.25. The SMILES string of the molecule is CC(CCS(C)=O)NS(=O)(=O)c1ccc(Br)cc1. The first-order valence-electron chi connectivity index (χ1n) is 5.39. The number of rotatable bonds is 6. The highest BCUT2D eigenvalue weighted by atomic mass is 79.9. The van der Waals surface area contributed by atoms with Gasteiger partial charge in [0.05, 0.1) is 4.90 Å². The second kappa shape index (κ2) is 6.79. The van der Waals surface area contributed by atoms with Gasteiger partial charge in [0.2, 0.25) is 10.0 Å². The quantitative estimate of drug-likeness (QED) is 0.849. The van der Waals surface area contributed by atoms with Gasteiger partial charge >= 0.3 is 0 Å². The first kappa shape index (κ1) is 15.8. The third-order valence-electron chi connectivity index (χ3n) is 2.32. The molecule has 0 bridgehead atoms. The molecule has 0 radical (unpaired) electrons. The first-order chi connectivity index (χ1) is 8.31. The molecule has 0 saturated carbocycles. The summed E-state index contributed by atoms with van der Waals surface area (Å²) in [7, 11) is -4.40. The predicted octanol–water partition coefficient (Wildman–Crippen LogP) is 1.88. The van der Waals surface area contributed by atoms with Gasteiger partial charge in [-0.05, 0) is 37.6 Å². The van der Waals surface area contributed by atoms with E-state index < -0.39 is 20.8 Å². The second-order valence-corrected chi connectivity index (χ2v) is 8.23. The zero-order chi connectivity index (χ0) is 13.8. The van der Waals surface area contributed by atoms with Gasteiger partial charge in [0, 0.05) is 33.3 Å². The highest BCUT2D eigenvalue weighted by Gasteiger charge is 2.17. The molecular formula is C11H16BrNO3S2. The first-order valence-corrected chi connectivity index (χ1v) is 9.39. The lowest BCUT2D eigenvalue weighted by atomic mass is 10.3. The molecule has 0 aliphatic heterocycles. The largest absolute Gasteiger partial charge is 0.260 e. The average Bonchev–Trinajstić information content (AvgIpc) is 2.26. The second-order valence-electron chi connectivity index (χ2n) is 4.04. The fourth-order valence-corrected chi connectivity index (χ4v) is 3.58. The Morgan fingerprint density at radius 2 is 1.89 bits per heavy atom. The summed E-state index contributed by atoms with van der Waals surface area (Å²) in [5, 5.41) is 0. The van der Waals surface area contributed by atoms with E-state index in [1.807, 2.05) is 0 Å². The Bertz CT molecular complexity index is 514. The third-order valence-corrected chi connectivity index (χ3v) is 5.26. The van der Waals surface area contributed by atoms with E-state index in [0.717, 1.165) is 4.47 Å². The van der Waals surface area contributed by atoms with Crippen LogP contribution in [-0.2, 0) is 20.8 Å². The van der Waals surface area contributed by atoms with E-state index in [4.69, 9.17) is 0 Å². The smallest absolute Gasteiger partial charge is 0.240 e. The van der Waals surface area contributed by atoms with Crippen molar-refractivity contribution in [1.29, 1.82) is 0 Å². The highest BCUT2D eigenvalue weighted by molar-refractivity contribution is 9.10. The van der Waals surface area contributed by atoms with Gasteiger partial charge in [-0.15, -0.1) is 0 Å². The molecule has 0 amide bonds. The van der Waals surface area contributed by atoms with E-state index in [1.54, 1.807) is 25.3 Å². The maximum absolute atomic E-state index is 12.0. The molecule has 18 heavy (non-hydrogen) atoms. The molecule has 0 saturated heterocycles. The van der Waals surface area contributed by atoms with Crippen molar-refractivity contribution >= 4 is 36.8 Å². The van der Waals surface area contributed by atoms with Crippen molar-refractivity contribution in [2.45, 2.75) is 24.3 Å². The van der Waals surface area contributed by atoms with Gasteiger partial charge in [0.25, 0.3) is 0 Å². The molecule has 1 N–H and O–H groups in total. The van der Waals surface area contributed by atoms with E-state index >= 15 is 0 Å². The van der Waals surface area contributed by atoms with Gasteiger partial charge in [-0.2, -0.15) is 0 Å². The summed E-state index contributed by atoms with van der Waals surface area (Å²) in [5.74, 6) is 0.490. The maximum Gasteiger partial charge on any atom is 0.240 e. The van der Waals surface area contributed by atoms with E-state index in [0.29, 0.717) is 12.2 Å². The van der Waals surface area contributed by atoms with Crippen molar-refractivity contribution in [1.82, 2.24) is 4.72 Å². The van der Waals surface area contributed by atoms with Crippen LogP contribution < -0.4 is 4.72 Å². The van der Waals surface area contributed by atoms with Gasteiger partial charge in [-0.25, -0.2) is 13.1 Å². The van der Waals surface area contributed by atoms with Crippen molar-refractivity contribution in [3.8, 4) is 0 Å². The van der Waals surface area contributed by atoms with E-state index in [-0.39, 0.29) is 10.9 Å². The Kier molecular flexibility index (Phi) is 5.97. The molecule has 2 atom stereocenters. The summed E-state index contributed by atoms with van der Waals surface area (Å²) in [5.41, 5.74) is 0. The molecule has 4 nitrogen and oxygen atoms in total. The van der Waals surface area contributed by atoms with Crippen LogP contribution in [0.25, 0.3) is 0 Å². The van der Waals surface area contributed by atoms with Crippen LogP contribution in [0.3, 0.4) is 0 Å². The zero-order valence-electron chi connectivity index (χ0n) is 10.2. The Hall–Kier alpha value is -0.240. The van der Waals surface area contributed by atoms with Gasteiger partial charge in [0.1, 0.15) is 0 Å². The lowest BCUT2D eigenvalue weighted by Gasteiger charge is -2.13. The molecule has 0 fully saturated rings. The molecule has 0 aliphatic rings. The molecule has 1 aromatic carbocycles. The third kappa shape index (κ3) is 5.17. The van der Waals surface area contributed by atoms with Crippen molar-refractivity contribution in [3.63, 3.8) is 0 Å². The molecular weight excluding hydrogens is 338 g/mol.